The molecule has 2 N–H and O–H groups in total. The molecule has 0 saturated heterocycles. The Bertz CT molecular complexity index is 229. The number of methoxy groups -OCH3 is 1. The van der Waals surface area contributed by atoms with Gasteiger partial charge in [0, 0.05) is 19.7 Å². The molecule has 20 heavy (non-hydrogen) atoms. The lowest BCUT2D eigenvalue weighted by Gasteiger charge is -2.37. The summed E-state index contributed by atoms with van der Waals surface area (Å²) in [4.78, 5) is 2.42. The highest BCUT2D eigenvalue weighted by Crippen LogP contribution is 2.26. The second kappa shape index (κ2) is 11.5. The van der Waals surface area contributed by atoms with Gasteiger partial charge in [0.2, 0.25) is 0 Å². The largest absolute Gasteiger partial charge is 0.382 e. The Labute approximate surface area is 123 Å². The zero-order valence-electron chi connectivity index (χ0n) is 13.2. The van der Waals surface area contributed by atoms with E-state index in [4.69, 9.17) is 19.9 Å². The van der Waals surface area contributed by atoms with Gasteiger partial charge in [0.05, 0.1) is 33.0 Å². The average molecular weight is 288 g/mol. The van der Waals surface area contributed by atoms with Crippen LogP contribution in [0.3, 0.4) is 0 Å². The van der Waals surface area contributed by atoms with E-state index in [1.165, 1.54) is 25.7 Å². The van der Waals surface area contributed by atoms with Crippen LogP contribution in [-0.2, 0) is 14.2 Å². The molecule has 1 aliphatic carbocycles. The van der Waals surface area contributed by atoms with Crippen molar-refractivity contribution in [2.45, 2.75) is 31.7 Å². The van der Waals surface area contributed by atoms with Gasteiger partial charge in [-0.15, -0.1) is 0 Å². The van der Waals surface area contributed by atoms with E-state index in [0.29, 0.717) is 38.4 Å². The fraction of sp³-hybridized carbons (Fsp3) is 1.00. The summed E-state index contributed by atoms with van der Waals surface area (Å²) < 4.78 is 15.9. The van der Waals surface area contributed by atoms with Crippen LogP contribution in [0.1, 0.15) is 25.7 Å². The maximum atomic E-state index is 5.88. The van der Waals surface area contributed by atoms with Crippen molar-refractivity contribution in [1.29, 1.82) is 0 Å². The van der Waals surface area contributed by atoms with Crippen LogP contribution in [0, 0.1) is 5.92 Å². The molecule has 0 amide bonds. The van der Waals surface area contributed by atoms with Crippen molar-refractivity contribution in [2.24, 2.45) is 11.7 Å². The molecule has 0 aliphatic heterocycles. The first-order valence-electron chi connectivity index (χ1n) is 7.84. The molecule has 2 atom stereocenters. The maximum absolute atomic E-state index is 5.88. The van der Waals surface area contributed by atoms with Crippen LogP contribution in [-0.4, -0.2) is 71.2 Å². The number of hydrogen-bond acceptors (Lipinski definition) is 5. The number of hydrogen-bond donors (Lipinski definition) is 1. The Kier molecular flexibility index (Phi) is 10.2. The minimum Gasteiger partial charge on any atom is -0.382 e. The smallest absolute Gasteiger partial charge is 0.0701 e. The highest BCUT2D eigenvalue weighted by molar-refractivity contribution is 4.82. The van der Waals surface area contributed by atoms with Crippen LogP contribution in [0.2, 0.25) is 0 Å². The third-order valence-electron chi connectivity index (χ3n) is 4.13. The molecule has 1 aliphatic rings. The summed E-state index contributed by atoms with van der Waals surface area (Å²) in [7, 11) is 3.87. The molecule has 5 heteroatoms. The van der Waals surface area contributed by atoms with Gasteiger partial charge in [-0.1, -0.05) is 12.8 Å². The van der Waals surface area contributed by atoms with Crippen LogP contribution < -0.4 is 5.73 Å². The lowest BCUT2D eigenvalue weighted by atomic mass is 9.84. The predicted molar refractivity (Wildman–Crippen MR) is 80.9 cm³/mol. The van der Waals surface area contributed by atoms with Gasteiger partial charge in [-0.25, -0.2) is 0 Å². The summed E-state index contributed by atoms with van der Waals surface area (Å²) in [6, 6.07) is 0.635. The molecule has 0 bridgehead atoms. The van der Waals surface area contributed by atoms with E-state index in [-0.39, 0.29) is 0 Å². The molecule has 2 unspecified atom stereocenters. The van der Waals surface area contributed by atoms with Gasteiger partial charge in [0.1, 0.15) is 0 Å². The second-order valence-electron chi connectivity index (χ2n) is 5.55. The highest BCUT2D eigenvalue weighted by atomic mass is 16.5. The minimum absolute atomic E-state index is 0.635. The lowest BCUT2D eigenvalue weighted by molar-refractivity contribution is 0.0148. The quantitative estimate of drug-likeness (QED) is 0.577. The molecular formula is C15H32N2O3. The van der Waals surface area contributed by atoms with Gasteiger partial charge in [0.25, 0.3) is 0 Å². The summed E-state index contributed by atoms with van der Waals surface area (Å²) in [5, 5.41) is 0. The zero-order chi connectivity index (χ0) is 14.6. The van der Waals surface area contributed by atoms with Crippen molar-refractivity contribution in [2.75, 3.05) is 60.3 Å². The Hall–Kier alpha value is -0.200. The van der Waals surface area contributed by atoms with Crippen LogP contribution in [0.15, 0.2) is 0 Å². The van der Waals surface area contributed by atoms with E-state index in [1.54, 1.807) is 7.11 Å². The lowest BCUT2D eigenvalue weighted by Crippen LogP contribution is -2.44. The fourth-order valence-electron chi connectivity index (χ4n) is 2.88. The normalized spacial score (nSPS) is 23.4. The molecule has 0 radical (unpaired) electrons. The van der Waals surface area contributed by atoms with Crippen molar-refractivity contribution in [3.8, 4) is 0 Å². The maximum Gasteiger partial charge on any atom is 0.0701 e. The summed E-state index contributed by atoms with van der Waals surface area (Å²) >= 11 is 0. The van der Waals surface area contributed by atoms with Gasteiger partial charge in [0.15, 0.2) is 0 Å². The highest BCUT2D eigenvalue weighted by Gasteiger charge is 2.26. The van der Waals surface area contributed by atoms with Gasteiger partial charge in [-0.2, -0.15) is 0 Å². The Morgan fingerprint density at radius 2 is 1.65 bits per heavy atom. The van der Waals surface area contributed by atoms with E-state index >= 15 is 0 Å². The number of nitrogens with two attached hydrogens (primary N) is 1. The number of likely N-dealkylation sites (N-methyl/N-ethyl adjacent to an activating group) is 1. The molecule has 0 heterocycles. The first-order valence-corrected chi connectivity index (χ1v) is 7.84. The molecular weight excluding hydrogens is 256 g/mol. The van der Waals surface area contributed by atoms with Crippen molar-refractivity contribution in [1.82, 2.24) is 4.90 Å². The van der Waals surface area contributed by atoms with E-state index < -0.39 is 0 Å². The topological polar surface area (TPSA) is 57.0 Å². The van der Waals surface area contributed by atoms with E-state index in [1.807, 2.05) is 0 Å². The number of rotatable bonds is 11. The summed E-state index contributed by atoms with van der Waals surface area (Å²) in [5.74, 6) is 0.658. The summed E-state index contributed by atoms with van der Waals surface area (Å²) in [5.41, 5.74) is 5.88. The fourth-order valence-corrected chi connectivity index (χ4v) is 2.88. The SMILES string of the molecule is COCCOCCOCCN(C)C1CCCCC1CN. The van der Waals surface area contributed by atoms with E-state index in [0.717, 1.165) is 19.7 Å². The third-order valence-corrected chi connectivity index (χ3v) is 4.13. The van der Waals surface area contributed by atoms with Crippen molar-refractivity contribution >= 4 is 0 Å². The summed E-state index contributed by atoms with van der Waals surface area (Å²) in [6.45, 7) is 5.12. The Balaban J connectivity index is 2.02. The third kappa shape index (κ3) is 6.99. The molecule has 0 aromatic rings. The summed E-state index contributed by atoms with van der Waals surface area (Å²) in [6.07, 6.45) is 5.22. The number of nitrogens with zero attached hydrogens (tertiary/aromatic N) is 1. The minimum atomic E-state index is 0.635. The first-order chi connectivity index (χ1) is 9.79. The monoisotopic (exact) mass is 288 g/mol. The van der Waals surface area contributed by atoms with E-state index in [2.05, 4.69) is 11.9 Å². The predicted octanol–water partition coefficient (Wildman–Crippen LogP) is 1.12. The molecule has 0 aromatic carbocycles. The molecule has 1 saturated carbocycles. The van der Waals surface area contributed by atoms with Crippen molar-refractivity contribution in [3.63, 3.8) is 0 Å². The Morgan fingerprint density at radius 1 is 1.00 bits per heavy atom. The van der Waals surface area contributed by atoms with Gasteiger partial charge in [-0.05, 0) is 32.4 Å². The number of ether oxygens (including phenoxy) is 3. The average Bonchev–Trinajstić information content (AvgIpc) is 2.49. The van der Waals surface area contributed by atoms with Crippen LogP contribution >= 0.6 is 0 Å². The Morgan fingerprint density at radius 3 is 2.35 bits per heavy atom. The molecule has 0 spiro atoms. The van der Waals surface area contributed by atoms with Crippen LogP contribution in [0.25, 0.3) is 0 Å². The first kappa shape index (κ1) is 17.9. The van der Waals surface area contributed by atoms with E-state index in [9.17, 15) is 0 Å². The van der Waals surface area contributed by atoms with Crippen LogP contribution in [0.5, 0.6) is 0 Å². The van der Waals surface area contributed by atoms with Crippen LogP contribution in [0.4, 0.5) is 0 Å². The molecule has 1 fully saturated rings. The second-order valence-corrected chi connectivity index (χ2v) is 5.55. The zero-order valence-corrected chi connectivity index (χ0v) is 13.2. The molecule has 1 rings (SSSR count). The molecule has 120 valence electrons. The van der Waals surface area contributed by atoms with Gasteiger partial charge < -0.3 is 24.8 Å². The standard InChI is InChI=1S/C15H32N2O3/c1-17(15-6-4-3-5-14(15)13-16)7-8-19-11-12-20-10-9-18-2/h14-15H,3-13,16H2,1-2H3. The van der Waals surface area contributed by atoms with Gasteiger partial charge in [-0.3, -0.25) is 0 Å². The molecule has 0 aromatic heterocycles. The van der Waals surface area contributed by atoms with Gasteiger partial charge >= 0.3 is 0 Å². The van der Waals surface area contributed by atoms with Crippen molar-refractivity contribution in [3.05, 3.63) is 0 Å². The van der Waals surface area contributed by atoms with Crippen molar-refractivity contribution < 1.29 is 14.2 Å². The molecule has 5 nitrogen and oxygen atoms in total.